The van der Waals surface area contributed by atoms with Crippen molar-refractivity contribution in [2.75, 3.05) is 18.4 Å². The molecule has 0 unspecified atom stereocenters. The molecule has 0 atom stereocenters. The van der Waals surface area contributed by atoms with Gasteiger partial charge in [0.2, 0.25) is 5.91 Å². The second kappa shape index (κ2) is 7.07. The van der Waals surface area contributed by atoms with E-state index in [9.17, 15) is 13.6 Å². The summed E-state index contributed by atoms with van der Waals surface area (Å²) in [6.07, 6.45) is 0.888. The van der Waals surface area contributed by atoms with Crippen molar-refractivity contribution in [1.29, 1.82) is 0 Å². The van der Waals surface area contributed by atoms with Crippen molar-refractivity contribution in [3.05, 3.63) is 29.3 Å². The van der Waals surface area contributed by atoms with E-state index >= 15 is 0 Å². The fourth-order valence-electron chi connectivity index (χ4n) is 1.52. The lowest BCUT2D eigenvalue weighted by molar-refractivity contribution is -0.119. The van der Waals surface area contributed by atoms with E-state index < -0.39 is 11.6 Å². The molecule has 0 heterocycles. The van der Waals surface area contributed by atoms with Crippen LogP contribution in [0.2, 0.25) is 0 Å². The van der Waals surface area contributed by atoms with Crippen molar-refractivity contribution in [1.82, 2.24) is 5.32 Å². The Kier molecular flexibility index (Phi) is 5.73. The summed E-state index contributed by atoms with van der Waals surface area (Å²) < 4.78 is 26.7. The maximum Gasteiger partial charge on any atom is 0.239 e. The Hall–Kier alpha value is -1.65. The molecule has 106 valence electrons. The number of anilines is 1. The first-order valence-electron chi connectivity index (χ1n) is 6.36. The summed E-state index contributed by atoms with van der Waals surface area (Å²) in [5.74, 6) is -0.782. The van der Waals surface area contributed by atoms with E-state index in [1.807, 2.05) is 0 Å². The van der Waals surface area contributed by atoms with Crippen LogP contribution in [0.4, 0.5) is 14.5 Å². The fraction of sp³-hybridized carbons (Fsp3) is 0.500. The molecule has 3 nitrogen and oxygen atoms in total. The molecular weight excluding hydrogens is 250 g/mol. The van der Waals surface area contributed by atoms with E-state index in [-0.39, 0.29) is 23.7 Å². The van der Waals surface area contributed by atoms with Gasteiger partial charge in [-0.2, -0.15) is 0 Å². The van der Waals surface area contributed by atoms with Crippen LogP contribution in [0.25, 0.3) is 0 Å². The third-order valence-electron chi connectivity index (χ3n) is 2.73. The summed E-state index contributed by atoms with van der Waals surface area (Å²) in [7, 11) is 0. The smallest absolute Gasteiger partial charge is 0.239 e. The van der Waals surface area contributed by atoms with E-state index in [1.165, 1.54) is 6.92 Å². The Balaban J connectivity index is 2.44. The molecule has 19 heavy (non-hydrogen) atoms. The Labute approximate surface area is 112 Å². The largest absolute Gasteiger partial charge is 0.374 e. The standard InChI is InChI=1S/C14H20F2N2O/c1-9(2)4-5-17-14(19)8-18-13-7-11(15)10(3)6-12(13)16/h6-7,9,18H,4-5,8H2,1-3H3,(H,17,19). The van der Waals surface area contributed by atoms with E-state index in [2.05, 4.69) is 24.5 Å². The molecule has 0 aliphatic carbocycles. The maximum atomic E-state index is 13.5. The first-order chi connectivity index (χ1) is 8.90. The van der Waals surface area contributed by atoms with Gasteiger partial charge in [-0.3, -0.25) is 4.79 Å². The van der Waals surface area contributed by atoms with Crippen molar-refractivity contribution in [2.45, 2.75) is 27.2 Å². The van der Waals surface area contributed by atoms with Gasteiger partial charge in [0.1, 0.15) is 11.6 Å². The van der Waals surface area contributed by atoms with E-state index in [0.717, 1.165) is 18.6 Å². The zero-order chi connectivity index (χ0) is 14.4. The molecular formula is C14H20F2N2O. The zero-order valence-corrected chi connectivity index (χ0v) is 11.5. The van der Waals surface area contributed by atoms with Crippen LogP contribution < -0.4 is 10.6 Å². The molecule has 1 aromatic rings. The summed E-state index contributed by atoms with van der Waals surface area (Å²) in [5.41, 5.74) is 0.242. The van der Waals surface area contributed by atoms with Gasteiger partial charge in [-0.25, -0.2) is 8.78 Å². The first-order valence-corrected chi connectivity index (χ1v) is 6.36. The molecule has 0 bridgehead atoms. The van der Waals surface area contributed by atoms with Gasteiger partial charge in [-0.1, -0.05) is 13.8 Å². The van der Waals surface area contributed by atoms with E-state index in [1.54, 1.807) is 0 Å². The number of carbonyl (C=O) groups is 1. The van der Waals surface area contributed by atoms with Crippen LogP contribution >= 0.6 is 0 Å². The predicted molar refractivity (Wildman–Crippen MR) is 72.0 cm³/mol. The van der Waals surface area contributed by atoms with Gasteiger partial charge in [0, 0.05) is 12.6 Å². The van der Waals surface area contributed by atoms with Crippen LogP contribution in [0.15, 0.2) is 12.1 Å². The number of aryl methyl sites for hydroxylation is 1. The molecule has 0 fully saturated rings. The molecule has 0 aromatic heterocycles. The number of halogens is 2. The molecule has 0 saturated heterocycles. The lowest BCUT2D eigenvalue weighted by atomic mass is 10.1. The normalized spacial score (nSPS) is 10.6. The fourth-order valence-corrected chi connectivity index (χ4v) is 1.52. The average Bonchev–Trinajstić information content (AvgIpc) is 2.31. The van der Waals surface area contributed by atoms with Gasteiger partial charge in [-0.15, -0.1) is 0 Å². The molecule has 1 amide bonds. The Bertz CT molecular complexity index is 447. The van der Waals surface area contributed by atoms with Gasteiger partial charge < -0.3 is 10.6 Å². The van der Waals surface area contributed by atoms with Crippen molar-refractivity contribution >= 4 is 11.6 Å². The van der Waals surface area contributed by atoms with Gasteiger partial charge in [0.15, 0.2) is 0 Å². The van der Waals surface area contributed by atoms with Crippen LogP contribution in [0, 0.1) is 24.5 Å². The molecule has 5 heteroatoms. The van der Waals surface area contributed by atoms with Crippen LogP contribution in [-0.2, 0) is 4.79 Å². The minimum Gasteiger partial charge on any atom is -0.374 e. The number of benzene rings is 1. The topological polar surface area (TPSA) is 41.1 Å². The monoisotopic (exact) mass is 270 g/mol. The van der Waals surface area contributed by atoms with Crippen LogP contribution in [0.3, 0.4) is 0 Å². The van der Waals surface area contributed by atoms with Gasteiger partial charge in [0.25, 0.3) is 0 Å². The van der Waals surface area contributed by atoms with Gasteiger partial charge >= 0.3 is 0 Å². The van der Waals surface area contributed by atoms with Gasteiger partial charge in [-0.05, 0) is 30.9 Å². The molecule has 1 aromatic carbocycles. The third kappa shape index (κ3) is 5.24. The minimum absolute atomic E-state index is 0.00195. The SMILES string of the molecule is Cc1cc(F)c(NCC(=O)NCCC(C)C)cc1F. The molecule has 0 spiro atoms. The highest BCUT2D eigenvalue weighted by Crippen LogP contribution is 2.18. The molecule has 1 rings (SSSR count). The van der Waals surface area contributed by atoms with Crippen LogP contribution in [0.5, 0.6) is 0 Å². The summed E-state index contributed by atoms with van der Waals surface area (Å²) in [6, 6.07) is 2.17. The average molecular weight is 270 g/mol. The molecule has 0 aliphatic rings. The van der Waals surface area contributed by atoms with Crippen molar-refractivity contribution in [3.8, 4) is 0 Å². The maximum absolute atomic E-state index is 13.5. The highest BCUT2D eigenvalue weighted by Gasteiger charge is 2.08. The summed E-state index contributed by atoms with van der Waals surface area (Å²) in [5, 5.41) is 5.30. The number of hydrogen-bond acceptors (Lipinski definition) is 2. The molecule has 2 N–H and O–H groups in total. The Morgan fingerprint density at radius 3 is 2.58 bits per heavy atom. The Morgan fingerprint density at radius 2 is 1.95 bits per heavy atom. The summed E-state index contributed by atoms with van der Waals surface area (Å²) in [4.78, 5) is 11.5. The van der Waals surface area contributed by atoms with E-state index in [4.69, 9.17) is 0 Å². The van der Waals surface area contributed by atoms with Crippen LogP contribution in [0.1, 0.15) is 25.8 Å². The number of hydrogen-bond donors (Lipinski definition) is 2. The summed E-state index contributed by atoms with van der Waals surface area (Å²) >= 11 is 0. The lowest BCUT2D eigenvalue weighted by Crippen LogP contribution is -2.31. The van der Waals surface area contributed by atoms with Crippen molar-refractivity contribution in [2.24, 2.45) is 5.92 Å². The van der Waals surface area contributed by atoms with E-state index in [0.29, 0.717) is 12.5 Å². The highest BCUT2D eigenvalue weighted by molar-refractivity contribution is 5.80. The Morgan fingerprint density at radius 1 is 1.26 bits per heavy atom. The van der Waals surface area contributed by atoms with Crippen LogP contribution in [-0.4, -0.2) is 19.0 Å². The predicted octanol–water partition coefficient (Wildman–Crippen LogP) is 2.85. The quantitative estimate of drug-likeness (QED) is 0.834. The van der Waals surface area contributed by atoms with Gasteiger partial charge in [0.05, 0.1) is 12.2 Å². The van der Waals surface area contributed by atoms with Crippen molar-refractivity contribution in [3.63, 3.8) is 0 Å². The number of nitrogens with one attached hydrogen (secondary N) is 2. The molecule has 0 saturated carbocycles. The van der Waals surface area contributed by atoms with Crippen molar-refractivity contribution < 1.29 is 13.6 Å². The second-order valence-corrected chi connectivity index (χ2v) is 4.97. The number of amides is 1. The lowest BCUT2D eigenvalue weighted by Gasteiger charge is -2.10. The zero-order valence-electron chi connectivity index (χ0n) is 11.5. The molecule has 0 aliphatic heterocycles. The molecule has 0 radical (unpaired) electrons. The minimum atomic E-state index is -0.561. The second-order valence-electron chi connectivity index (χ2n) is 4.97. The third-order valence-corrected chi connectivity index (χ3v) is 2.73. The first kappa shape index (κ1) is 15.4. The number of rotatable bonds is 6. The highest BCUT2D eigenvalue weighted by atomic mass is 19.1. The number of carbonyl (C=O) groups excluding carboxylic acids is 1. The summed E-state index contributed by atoms with van der Waals surface area (Å²) in [6.45, 7) is 6.13.